The first-order valence-electron chi connectivity index (χ1n) is 7.58. The minimum atomic E-state index is -0.419. The maximum Gasteiger partial charge on any atom is 0.227 e. The highest BCUT2D eigenvalue weighted by molar-refractivity contribution is 6.30. The van der Waals surface area contributed by atoms with Gasteiger partial charge in [-0.25, -0.2) is 0 Å². The molecule has 0 aromatic heterocycles. The van der Waals surface area contributed by atoms with Crippen molar-refractivity contribution in [3.05, 3.63) is 34.9 Å². The third kappa shape index (κ3) is 3.39. The Morgan fingerprint density at radius 2 is 1.86 bits per heavy atom. The average Bonchev–Trinajstić information content (AvgIpc) is 3.10. The molecular weight excluding hydrogens is 288 g/mol. The summed E-state index contributed by atoms with van der Waals surface area (Å²) in [6.45, 7) is 3.18. The van der Waals surface area contributed by atoms with Crippen LogP contribution >= 0.6 is 11.6 Å². The summed E-state index contributed by atoms with van der Waals surface area (Å²) in [4.78, 5) is 16.5. The number of halogens is 1. The summed E-state index contributed by atoms with van der Waals surface area (Å²) in [5.74, 6) is 0.0815. The predicted octanol–water partition coefficient (Wildman–Crippen LogP) is 1.55. The first kappa shape index (κ1) is 14.8. The maximum absolute atomic E-state index is 12.4. The fourth-order valence-corrected chi connectivity index (χ4v) is 3.42. The van der Waals surface area contributed by atoms with E-state index in [9.17, 15) is 9.90 Å². The van der Waals surface area contributed by atoms with Crippen LogP contribution in [0.2, 0.25) is 5.02 Å². The van der Waals surface area contributed by atoms with Crippen molar-refractivity contribution >= 4 is 17.5 Å². The minimum absolute atomic E-state index is 0.0815. The van der Waals surface area contributed by atoms with Crippen LogP contribution in [0.1, 0.15) is 18.4 Å². The van der Waals surface area contributed by atoms with Gasteiger partial charge in [-0.05, 0) is 43.6 Å². The number of β-amino-alcohol motifs (C(OH)–C–C–N with tert-alkyl or cyclic N) is 1. The fourth-order valence-electron chi connectivity index (χ4n) is 3.29. The molecule has 2 saturated heterocycles. The van der Waals surface area contributed by atoms with Crippen molar-refractivity contribution in [1.29, 1.82) is 0 Å². The number of rotatable bonds is 3. The Labute approximate surface area is 130 Å². The lowest BCUT2D eigenvalue weighted by atomic mass is 10.1. The molecule has 2 aliphatic rings. The highest BCUT2D eigenvalue weighted by atomic mass is 35.5. The van der Waals surface area contributed by atoms with Gasteiger partial charge >= 0.3 is 0 Å². The Kier molecular flexibility index (Phi) is 4.48. The van der Waals surface area contributed by atoms with E-state index < -0.39 is 6.10 Å². The van der Waals surface area contributed by atoms with E-state index in [-0.39, 0.29) is 11.9 Å². The molecule has 1 amide bonds. The number of aliphatic hydroxyl groups is 1. The van der Waals surface area contributed by atoms with Gasteiger partial charge in [0.1, 0.15) is 0 Å². The van der Waals surface area contributed by atoms with E-state index in [2.05, 4.69) is 4.90 Å². The number of nitrogens with zero attached hydrogens (tertiary/aromatic N) is 2. The van der Waals surface area contributed by atoms with Gasteiger partial charge in [0.15, 0.2) is 0 Å². The van der Waals surface area contributed by atoms with Crippen LogP contribution < -0.4 is 0 Å². The van der Waals surface area contributed by atoms with Crippen molar-refractivity contribution in [2.45, 2.75) is 31.4 Å². The van der Waals surface area contributed by atoms with Crippen LogP contribution in [0.5, 0.6) is 0 Å². The van der Waals surface area contributed by atoms with Crippen molar-refractivity contribution in [2.24, 2.45) is 0 Å². The fraction of sp³-hybridized carbons (Fsp3) is 0.562. The Morgan fingerprint density at radius 1 is 1.19 bits per heavy atom. The van der Waals surface area contributed by atoms with Gasteiger partial charge in [-0.1, -0.05) is 23.7 Å². The van der Waals surface area contributed by atoms with E-state index in [0.29, 0.717) is 24.5 Å². The zero-order valence-corrected chi connectivity index (χ0v) is 12.8. The molecule has 0 radical (unpaired) electrons. The summed E-state index contributed by atoms with van der Waals surface area (Å²) in [5, 5.41) is 10.9. The molecule has 0 aliphatic carbocycles. The molecule has 21 heavy (non-hydrogen) atoms. The van der Waals surface area contributed by atoms with Crippen LogP contribution in [-0.2, 0) is 11.2 Å². The molecule has 1 aromatic carbocycles. The van der Waals surface area contributed by atoms with Crippen molar-refractivity contribution in [2.75, 3.05) is 26.2 Å². The molecule has 1 aromatic rings. The van der Waals surface area contributed by atoms with Gasteiger partial charge in [0.2, 0.25) is 5.91 Å². The van der Waals surface area contributed by atoms with Crippen LogP contribution in [-0.4, -0.2) is 59.1 Å². The zero-order chi connectivity index (χ0) is 14.8. The van der Waals surface area contributed by atoms with Crippen LogP contribution in [0.25, 0.3) is 0 Å². The van der Waals surface area contributed by atoms with Crippen LogP contribution in [0, 0.1) is 0 Å². The number of aliphatic hydroxyl groups excluding tert-OH is 1. The Bertz CT molecular complexity index is 500. The number of carbonyl (C=O) groups excluding carboxylic acids is 1. The summed E-state index contributed by atoms with van der Waals surface area (Å²) in [7, 11) is 0. The van der Waals surface area contributed by atoms with Crippen LogP contribution in [0.15, 0.2) is 24.3 Å². The lowest BCUT2D eigenvalue weighted by molar-refractivity contribution is -0.129. The molecular formula is C16H21ClN2O2. The van der Waals surface area contributed by atoms with Gasteiger partial charge in [-0.3, -0.25) is 9.69 Å². The molecule has 0 spiro atoms. The number of hydrogen-bond donors (Lipinski definition) is 1. The second kappa shape index (κ2) is 6.34. The summed E-state index contributed by atoms with van der Waals surface area (Å²) in [6, 6.07) is 7.48. The van der Waals surface area contributed by atoms with Crippen molar-refractivity contribution < 1.29 is 9.90 Å². The van der Waals surface area contributed by atoms with Gasteiger partial charge in [-0.15, -0.1) is 0 Å². The van der Waals surface area contributed by atoms with E-state index in [1.807, 2.05) is 12.1 Å². The third-order valence-electron chi connectivity index (χ3n) is 4.49. The minimum Gasteiger partial charge on any atom is -0.390 e. The lowest BCUT2D eigenvalue weighted by Gasteiger charge is -2.25. The predicted molar refractivity (Wildman–Crippen MR) is 82.3 cm³/mol. The van der Waals surface area contributed by atoms with E-state index >= 15 is 0 Å². The SMILES string of the molecule is O=C(Cc1ccc(Cl)cc1)N1C[C@@H](O)[C@H](N2CCCC2)C1. The van der Waals surface area contributed by atoms with Gasteiger partial charge in [0.05, 0.1) is 18.6 Å². The average molecular weight is 309 g/mol. The molecule has 2 fully saturated rings. The summed E-state index contributed by atoms with van der Waals surface area (Å²) < 4.78 is 0. The summed E-state index contributed by atoms with van der Waals surface area (Å²) >= 11 is 5.85. The van der Waals surface area contributed by atoms with Gasteiger partial charge in [0.25, 0.3) is 0 Å². The Balaban J connectivity index is 1.59. The molecule has 3 rings (SSSR count). The van der Waals surface area contributed by atoms with Crippen molar-refractivity contribution in [3.8, 4) is 0 Å². The smallest absolute Gasteiger partial charge is 0.227 e. The molecule has 2 atom stereocenters. The zero-order valence-electron chi connectivity index (χ0n) is 12.0. The first-order chi connectivity index (χ1) is 10.1. The van der Waals surface area contributed by atoms with Gasteiger partial charge in [-0.2, -0.15) is 0 Å². The Morgan fingerprint density at radius 3 is 2.52 bits per heavy atom. The first-order valence-corrected chi connectivity index (χ1v) is 7.95. The highest BCUT2D eigenvalue weighted by Crippen LogP contribution is 2.22. The monoisotopic (exact) mass is 308 g/mol. The largest absolute Gasteiger partial charge is 0.390 e. The van der Waals surface area contributed by atoms with E-state index in [4.69, 9.17) is 11.6 Å². The third-order valence-corrected chi connectivity index (χ3v) is 4.74. The number of amides is 1. The second-order valence-electron chi connectivity index (χ2n) is 5.98. The van der Waals surface area contributed by atoms with Crippen LogP contribution in [0.3, 0.4) is 0 Å². The molecule has 5 heteroatoms. The summed E-state index contributed by atoms with van der Waals surface area (Å²) in [5.41, 5.74) is 0.962. The topological polar surface area (TPSA) is 43.8 Å². The normalized spacial score (nSPS) is 26.5. The van der Waals surface area contributed by atoms with Crippen molar-refractivity contribution in [3.63, 3.8) is 0 Å². The molecule has 0 saturated carbocycles. The molecule has 4 nitrogen and oxygen atoms in total. The molecule has 2 aliphatic heterocycles. The number of hydrogen-bond acceptors (Lipinski definition) is 3. The molecule has 2 heterocycles. The molecule has 0 unspecified atom stereocenters. The van der Waals surface area contributed by atoms with Gasteiger partial charge < -0.3 is 10.0 Å². The molecule has 114 valence electrons. The Hall–Kier alpha value is -1.10. The highest BCUT2D eigenvalue weighted by Gasteiger charge is 2.38. The van der Waals surface area contributed by atoms with Crippen LogP contribution in [0.4, 0.5) is 0 Å². The van der Waals surface area contributed by atoms with E-state index in [1.165, 1.54) is 12.8 Å². The molecule has 1 N–H and O–H groups in total. The number of benzene rings is 1. The number of carbonyl (C=O) groups is 1. The summed E-state index contributed by atoms with van der Waals surface area (Å²) in [6.07, 6.45) is 2.35. The van der Waals surface area contributed by atoms with E-state index in [1.54, 1.807) is 17.0 Å². The maximum atomic E-state index is 12.4. The molecule has 0 bridgehead atoms. The van der Waals surface area contributed by atoms with Crippen molar-refractivity contribution in [1.82, 2.24) is 9.80 Å². The lowest BCUT2D eigenvalue weighted by Crippen LogP contribution is -2.41. The standard InChI is InChI=1S/C16H21ClN2O2/c17-13-5-3-12(4-6-13)9-16(21)19-10-14(15(20)11-19)18-7-1-2-8-18/h3-6,14-15,20H,1-2,7-11H2/t14-,15-/m1/s1. The quantitative estimate of drug-likeness (QED) is 0.921. The van der Waals surface area contributed by atoms with Gasteiger partial charge in [0, 0.05) is 18.1 Å². The number of likely N-dealkylation sites (tertiary alicyclic amines) is 2. The second-order valence-corrected chi connectivity index (χ2v) is 6.42. The van der Waals surface area contributed by atoms with E-state index in [0.717, 1.165) is 18.7 Å².